The molecule has 0 amide bonds. The van der Waals surface area contributed by atoms with Crippen molar-refractivity contribution in [2.75, 3.05) is 13.1 Å². The first-order valence-electron chi connectivity index (χ1n) is 1.32. The summed E-state index contributed by atoms with van der Waals surface area (Å²) in [5.41, 5.74) is 9.81. The first-order valence-corrected chi connectivity index (χ1v) is 1.32. The third kappa shape index (κ3) is 11.6. The zero-order valence-electron chi connectivity index (χ0n) is 3.15. The summed E-state index contributed by atoms with van der Waals surface area (Å²) in [7, 11) is 0. The summed E-state index contributed by atoms with van der Waals surface area (Å²) < 4.78 is 0. The molecule has 0 unspecified atom stereocenters. The van der Waals surface area contributed by atoms with Crippen LogP contribution < -0.4 is 11.5 Å². The molecule has 3 radical (unpaired) electrons. The Morgan fingerprint density at radius 2 is 1.20 bits per heavy atom. The minimum absolute atomic E-state index is 0. The molecule has 0 bridgehead atoms. The van der Waals surface area contributed by atoms with Crippen molar-refractivity contribution in [1.29, 1.82) is 0 Å². The summed E-state index contributed by atoms with van der Waals surface area (Å²) in [6.45, 7) is 1.19. The van der Waals surface area contributed by atoms with Crippen LogP contribution in [0.1, 0.15) is 0 Å². The van der Waals surface area contributed by atoms with Crippen molar-refractivity contribution in [3.05, 3.63) is 0 Å². The van der Waals surface area contributed by atoms with Crippen LogP contribution in [0.4, 0.5) is 0 Å². The molecular formula is C2H8InN2. The van der Waals surface area contributed by atoms with Gasteiger partial charge in [0, 0.05) is 38.9 Å². The van der Waals surface area contributed by atoms with Crippen LogP contribution in [0, 0.1) is 0 Å². The summed E-state index contributed by atoms with van der Waals surface area (Å²) >= 11 is 0. The van der Waals surface area contributed by atoms with Crippen LogP contribution in [0.25, 0.3) is 0 Å². The van der Waals surface area contributed by atoms with Crippen molar-refractivity contribution in [2.45, 2.75) is 0 Å². The van der Waals surface area contributed by atoms with Gasteiger partial charge in [-0.25, -0.2) is 0 Å². The van der Waals surface area contributed by atoms with E-state index in [-0.39, 0.29) is 25.8 Å². The maximum atomic E-state index is 4.90. The van der Waals surface area contributed by atoms with Gasteiger partial charge in [0.2, 0.25) is 0 Å². The number of hydrogen-bond acceptors (Lipinski definition) is 2. The van der Waals surface area contributed by atoms with E-state index in [1.807, 2.05) is 0 Å². The minimum atomic E-state index is 0. The maximum Gasteiger partial charge on any atom is 0.00461 e. The summed E-state index contributed by atoms with van der Waals surface area (Å²) in [4.78, 5) is 0. The predicted octanol–water partition coefficient (Wildman–Crippen LogP) is -1.48. The molecule has 0 aliphatic carbocycles. The fraction of sp³-hybridized carbons (Fsp3) is 1.00. The molecule has 0 aromatic carbocycles. The zero-order chi connectivity index (χ0) is 3.41. The Labute approximate surface area is 50.7 Å². The van der Waals surface area contributed by atoms with Crippen molar-refractivity contribution in [3.63, 3.8) is 0 Å². The van der Waals surface area contributed by atoms with Gasteiger partial charge in [0.15, 0.2) is 0 Å². The zero-order valence-corrected chi connectivity index (χ0v) is 6.44. The molecule has 0 spiro atoms. The monoisotopic (exact) mass is 175 g/mol. The molecule has 0 atom stereocenters. The molecule has 2 nitrogen and oxygen atoms in total. The molecule has 0 saturated carbocycles. The standard InChI is InChI=1S/C2H8N2.In/c3-1-2-4;/h1-4H2;. The van der Waals surface area contributed by atoms with E-state index in [1.54, 1.807) is 0 Å². The van der Waals surface area contributed by atoms with Crippen LogP contribution in [0.15, 0.2) is 0 Å². The molecule has 0 aliphatic rings. The van der Waals surface area contributed by atoms with E-state index in [1.165, 1.54) is 0 Å². The molecule has 0 rings (SSSR count). The SMILES string of the molecule is NCCN.[In]. The third-order valence-corrected chi connectivity index (χ3v) is 0.167. The first-order chi connectivity index (χ1) is 1.91. The Morgan fingerprint density at radius 3 is 1.20 bits per heavy atom. The molecular weight excluding hydrogens is 167 g/mol. The van der Waals surface area contributed by atoms with Crippen LogP contribution in [-0.4, -0.2) is 38.9 Å². The molecule has 29 valence electrons. The van der Waals surface area contributed by atoms with Gasteiger partial charge in [-0.15, -0.1) is 0 Å². The number of rotatable bonds is 1. The molecule has 4 N–H and O–H groups in total. The molecule has 0 aliphatic heterocycles. The van der Waals surface area contributed by atoms with Gasteiger partial charge in [-0.1, -0.05) is 0 Å². The average Bonchev–Trinajstić information content (AvgIpc) is 1.37. The van der Waals surface area contributed by atoms with E-state index in [0.29, 0.717) is 13.1 Å². The van der Waals surface area contributed by atoms with Crippen LogP contribution in [0.3, 0.4) is 0 Å². The second kappa shape index (κ2) is 8.84. The van der Waals surface area contributed by atoms with Gasteiger partial charge >= 0.3 is 0 Å². The molecule has 3 heteroatoms. The molecule has 0 saturated heterocycles. The molecule has 5 heavy (non-hydrogen) atoms. The number of hydrogen-bond donors (Lipinski definition) is 2. The van der Waals surface area contributed by atoms with Gasteiger partial charge < -0.3 is 11.5 Å². The fourth-order valence-electron chi connectivity index (χ4n) is 0. The van der Waals surface area contributed by atoms with Crippen LogP contribution >= 0.6 is 0 Å². The predicted molar refractivity (Wildman–Crippen MR) is 23.9 cm³/mol. The summed E-state index contributed by atoms with van der Waals surface area (Å²) in [6.07, 6.45) is 0. The van der Waals surface area contributed by atoms with Gasteiger partial charge in [-0.2, -0.15) is 0 Å². The fourth-order valence-corrected chi connectivity index (χ4v) is 0. The molecule has 0 aromatic rings. The van der Waals surface area contributed by atoms with E-state index in [9.17, 15) is 0 Å². The van der Waals surface area contributed by atoms with Crippen molar-refractivity contribution < 1.29 is 0 Å². The normalized spacial score (nSPS) is 6.00. The van der Waals surface area contributed by atoms with E-state index in [0.717, 1.165) is 0 Å². The Bertz CT molecular complexity index is 9.61. The Balaban J connectivity index is 0. The topological polar surface area (TPSA) is 52.0 Å². The minimum Gasteiger partial charge on any atom is -0.329 e. The maximum absolute atomic E-state index is 4.90. The van der Waals surface area contributed by atoms with Gasteiger partial charge in [-0.05, 0) is 0 Å². The molecule has 0 heterocycles. The van der Waals surface area contributed by atoms with Crippen LogP contribution in [-0.2, 0) is 0 Å². The van der Waals surface area contributed by atoms with Gasteiger partial charge in [0.25, 0.3) is 0 Å². The second-order valence-corrected chi connectivity index (χ2v) is 0.577. The molecule has 0 fully saturated rings. The van der Waals surface area contributed by atoms with E-state index >= 15 is 0 Å². The number of nitrogens with two attached hydrogens (primary N) is 2. The Kier molecular flexibility index (Phi) is 16.3. The van der Waals surface area contributed by atoms with Crippen molar-refractivity contribution in [2.24, 2.45) is 11.5 Å². The van der Waals surface area contributed by atoms with E-state index in [2.05, 4.69) is 0 Å². The third-order valence-electron chi connectivity index (χ3n) is 0.167. The average molecular weight is 175 g/mol. The van der Waals surface area contributed by atoms with Gasteiger partial charge in [0.1, 0.15) is 0 Å². The Hall–Kier alpha value is 0.790. The van der Waals surface area contributed by atoms with Gasteiger partial charge in [0.05, 0.1) is 0 Å². The van der Waals surface area contributed by atoms with Crippen LogP contribution in [0.2, 0.25) is 0 Å². The molecule has 0 aromatic heterocycles. The van der Waals surface area contributed by atoms with Crippen molar-refractivity contribution in [1.82, 2.24) is 0 Å². The van der Waals surface area contributed by atoms with E-state index in [4.69, 9.17) is 11.5 Å². The summed E-state index contributed by atoms with van der Waals surface area (Å²) in [6, 6.07) is 0. The summed E-state index contributed by atoms with van der Waals surface area (Å²) in [5.74, 6) is 0. The van der Waals surface area contributed by atoms with Crippen molar-refractivity contribution >= 4 is 25.8 Å². The quantitative estimate of drug-likeness (QED) is 0.510. The van der Waals surface area contributed by atoms with Crippen LogP contribution in [0.5, 0.6) is 0 Å². The second-order valence-electron chi connectivity index (χ2n) is 0.577. The smallest absolute Gasteiger partial charge is 0.00461 e. The first kappa shape index (κ1) is 9.25. The largest absolute Gasteiger partial charge is 0.329 e. The van der Waals surface area contributed by atoms with E-state index < -0.39 is 0 Å². The Morgan fingerprint density at radius 1 is 1.00 bits per heavy atom. The summed E-state index contributed by atoms with van der Waals surface area (Å²) in [5, 5.41) is 0. The van der Waals surface area contributed by atoms with Crippen molar-refractivity contribution in [3.8, 4) is 0 Å². The van der Waals surface area contributed by atoms with Gasteiger partial charge in [-0.3, -0.25) is 0 Å².